The van der Waals surface area contributed by atoms with Crippen LogP contribution in [-0.2, 0) is 4.79 Å². The molecule has 0 atom stereocenters. The number of amides is 2. The number of benzene rings is 3. The van der Waals surface area contributed by atoms with Crippen LogP contribution >= 0.6 is 0 Å². The Morgan fingerprint density at radius 2 is 1.74 bits per heavy atom. The number of carbonyl (C=O) groups excluding carboxylic acids is 2. The summed E-state index contributed by atoms with van der Waals surface area (Å²) in [7, 11) is 1.61. The summed E-state index contributed by atoms with van der Waals surface area (Å²) in [5.41, 5.74) is 5.04. The molecule has 194 valence electrons. The minimum absolute atomic E-state index is 0.00680. The quantitative estimate of drug-likeness (QED) is 0.336. The van der Waals surface area contributed by atoms with Crippen LogP contribution in [0.15, 0.2) is 72.9 Å². The summed E-state index contributed by atoms with van der Waals surface area (Å²) in [6.07, 6.45) is 3.54. The van der Waals surface area contributed by atoms with Crippen LogP contribution < -0.4 is 10.1 Å². The number of aromatic nitrogens is 2. The van der Waals surface area contributed by atoms with Gasteiger partial charge in [0.2, 0.25) is 11.9 Å². The number of imidazole rings is 1. The molecule has 7 nitrogen and oxygen atoms in total. The van der Waals surface area contributed by atoms with E-state index in [4.69, 9.17) is 9.72 Å². The van der Waals surface area contributed by atoms with Crippen molar-refractivity contribution >= 4 is 17.8 Å². The van der Waals surface area contributed by atoms with Crippen molar-refractivity contribution in [1.82, 2.24) is 14.5 Å². The lowest BCUT2D eigenvalue weighted by Gasteiger charge is -2.22. The summed E-state index contributed by atoms with van der Waals surface area (Å²) in [6, 6.07) is 19.0. The average Bonchev–Trinajstić information content (AvgIpc) is 3.68. The molecule has 0 saturated heterocycles. The molecule has 1 heterocycles. The molecular weight excluding hydrogens is 483 g/mol. The lowest BCUT2D eigenvalue weighted by atomic mass is 10.1. The first-order chi connectivity index (χ1) is 18.3. The van der Waals surface area contributed by atoms with Crippen molar-refractivity contribution in [3.05, 3.63) is 95.4 Å². The van der Waals surface area contributed by atoms with Gasteiger partial charge in [0.1, 0.15) is 18.1 Å². The molecule has 1 aliphatic rings. The number of nitrogens with zero attached hydrogens (tertiary/aromatic N) is 3. The standard InChI is InChI=1S/C30H29FN4O3/c1-19-4-11-25(16-20(19)2)35-17-27(21-7-14-26(38-3)15-8-21)32-30(35)33-28(36)18-34(24-12-13-24)29(37)22-5-9-23(31)10-6-22/h4-11,14-17,24H,12-13,18H2,1-3H3,(H,32,33,36). The maximum absolute atomic E-state index is 13.4. The smallest absolute Gasteiger partial charge is 0.254 e. The summed E-state index contributed by atoms with van der Waals surface area (Å²) in [5.74, 6) is 0.0300. The second-order valence-corrected chi connectivity index (χ2v) is 9.54. The summed E-state index contributed by atoms with van der Waals surface area (Å²) < 4.78 is 20.5. The number of carbonyl (C=O) groups is 2. The van der Waals surface area contributed by atoms with E-state index in [1.54, 1.807) is 12.0 Å². The molecule has 0 unspecified atom stereocenters. The summed E-state index contributed by atoms with van der Waals surface area (Å²) in [6.45, 7) is 3.95. The van der Waals surface area contributed by atoms with Crippen molar-refractivity contribution in [3.63, 3.8) is 0 Å². The van der Waals surface area contributed by atoms with Crippen molar-refractivity contribution in [2.75, 3.05) is 19.0 Å². The molecule has 0 radical (unpaired) electrons. The van der Waals surface area contributed by atoms with Crippen LogP contribution in [0, 0.1) is 19.7 Å². The van der Waals surface area contributed by atoms with Crippen LogP contribution in [0.25, 0.3) is 16.9 Å². The van der Waals surface area contributed by atoms with Gasteiger partial charge in [0.25, 0.3) is 5.91 Å². The van der Waals surface area contributed by atoms with Crippen molar-refractivity contribution < 1.29 is 18.7 Å². The Balaban J connectivity index is 1.43. The Bertz CT molecular complexity index is 1470. The second kappa shape index (κ2) is 10.5. The molecule has 38 heavy (non-hydrogen) atoms. The number of aryl methyl sites for hydroxylation is 2. The molecule has 5 rings (SSSR count). The monoisotopic (exact) mass is 512 g/mol. The Hall–Kier alpha value is -4.46. The SMILES string of the molecule is COc1ccc(-c2cn(-c3ccc(C)c(C)c3)c(NC(=O)CN(C(=O)c3ccc(F)cc3)C3CC3)n2)cc1. The van der Waals surface area contributed by atoms with Crippen LogP contribution in [-0.4, -0.2) is 46.0 Å². The lowest BCUT2D eigenvalue weighted by molar-refractivity contribution is -0.117. The van der Waals surface area contributed by atoms with Crippen LogP contribution in [0.4, 0.5) is 10.3 Å². The minimum atomic E-state index is -0.414. The van der Waals surface area contributed by atoms with Crippen LogP contribution in [0.3, 0.4) is 0 Å². The zero-order valence-electron chi connectivity index (χ0n) is 21.6. The zero-order chi connectivity index (χ0) is 26.8. The Kier molecular flexibility index (Phi) is 6.96. The van der Waals surface area contributed by atoms with Gasteiger partial charge in [-0.25, -0.2) is 9.37 Å². The first-order valence-corrected chi connectivity index (χ1v) is 12.5. The van der Waals surface area contributed by atoms with E-state index in [1.165, 1.54) is 24.3 Å². The van der Waals surface area contributed by atoms with Crippen molar-refractivity contribution in [2.24, 2.45) is 0 Å². The van der Waals surface area contributed by atoms with E-state index in [2.05, 4.69) is 5.32 Å². The molecular formula is C30H29FN4O3. The van der Waals surface area contributed by atoms with Crippen molar-refractivity contribution in [2.45, 2.75) is 32.7 Å². The predicted molar refractivity (Wildman–Crippen MR) is 144 cm³/mol. The van der Waals surface area contributed by atoms with E-state index in [1.807, 2.05) is 67.1 Å². The average molecular weight is 513 g/mol. The highest BCUT2D eigenvalue weighted by molar-refractivity contribution is 5.99. The maximum atomic E-state index is 13.4. The third-order valence-electron chi connectivity index (χ3n) is 6.77. The number of hydrogen-bond donors (Lipinski definition) is 1. The normalized spacial score (nSPS) is 12.7. The van der Waals surface area contributed by atoms with Crippen molar-refractivity contribution in [1.29, 1.82) is 0 Å². The number of nitrogens with one attached hydrogen (secondary N) is 1. The number of ether oxygens (including phenoxy) is 1. The van der Waals surface area contributed by atoms with Gasteiger partial charge in [-0.3, -0.25) is 19.5 Å². The fraction of sp³-hybridized carbons (Fsp3) is 0.233. The zero-order valence-corrected chi connectivity index (χ0v) is 21.6. The Morgan fingerprint density at radius 3 is 2.37 bits per heavy atom. The molecule has 3 aromatic carbocycles. The molecule has 0 spiro atoms. The first-order valence-electron chi connectivity index (χ1n) is 12.5. The van der Waals surface area contributed by atoms with Gasteiger partial charge in [0.15, 0.2) is 0 Å². The number of anilines is 1. The molecule has 1 fully saturated rings. The van der Waals surface area contributed by atoms with E-state index in [9.17, 15) is 14.0 Å². The molecule has 8 heteroatoms. The van der Waals surface area contributed by atoms with E-state index < -0.39 is 5.82 Å². The van der Waals surface area contributed by atoms with Gasteiger partial charge in [-0.2, -0.15) is 0 Å². The fourth-order valence-electron chi connectivity index (χ4n) is 4.27. The van der Waals surface area contributed by atoms with Gasteiger partial charge < -0.3 is 9.64 Å². The molecule has 0 bridgehead atoms. The molecule has 0 aliphatic heterocycles. The summed E-state index contributed by atoms with van der Waals surface area (Å²) in [5, 5.41) is 2.92. The summed E-state index contributed by atoms with van der Waals surface area (Å²) >= 11 is 0. The highest BCUT2D eigenvalue weighted by Crippen LogP contribution is 2.29. The lowest BCUT2D eigenvalue weighted by Crippen LogP contribution is -2.39. The van der Waals surface area contributed by atoms with E-state index >= 15 is 0 Å². The Morgan fingerprint density at radius 1 is 1.03 bits per heavy atom. The van der Waals surface area contributed by atoms with Gasteiger partial charge in [-0.05, 0) is 98.5 Å². The van der Waals surface area contributed by atoms with Gasteiger partial charge >= 0.3 is 0 Å². The topological polar surface area (TPSA) is 76.5 Å². The highest BCUT2D eigenvalue weighted by Gasteiger charge is 2.34. The predicted octanol–water partition coefficient (Wildman–Crippen LogP) is 5.55. The summed E-state index contributed by atoms with van der Waals surface area (Å²) in [4.78, 5) is 32.6. The number of halogens is 1. The number of hydrogen-bond acceptors (Lipinski definition) is 4. The molecule has 1 aromatic heterocycles. The van der Waals surface area contributed by atoms with Crippen LogP contribution in [0.2, 0.25) is 0 Å². The minimum Gasteiger partial charge on any atom is -0.497 e. The van der Waals surface area contributed by atoms with Gasteiger partial charge in [0.05, 0.1) is 12.8 Å². The van der Waals surface area contributed by atoms with E-state index in [0.717, 1.165) is 41.0 Å². The molecule has 1 saturated carbocycles. The number of methoxy groups -OCH3 is 1. The van der Waals surface area contributed by atoms with Gasteiger partial charge in [-0.15, -0.1) is 0 Å². The van der Waals surface area contributed by atoms with Crippen LogP contribution in [0.5, 0.6) is 5.75 Å². The van der Waals surface area contributed by atoms with Gasteiger partial charge in [-0.1, -0.05) is 6.07 Å². The molecule has 4 aromatic rings. The third kappa shape index (κ3) is 5.44. The Labute approximate surface area is 220 Å². The van der Waals surface area contributed by atoms with Crippen molar-refractivity contribution in [3.8, 4) is 22.7 Å². The van der Waals surface area contributed by atoms with Crippen LogP contribution in [0.1, 0.15) is 34.3 Å². The fourth-order valence-corrected chi connectivity index (χ4v) is 4.27. The first kappa shape index (κ1) is 25.2. The highest BCUT2D eigenvalue weighted by atomic mass is 19.1. The van der Waals surface area contributed by atoms with E-state index in [0.29, 0.717) is 17.2 Å². The molecule has 1 aliphatic carbocycles. The third-order valence-corrected chi connectivity index (χ3v) is 6.77. The maximum Gasteiger partial charge on any atom is 0.254 e. The largest absolute Gasteiger partial charge is 0.497 e. The number of rotatable bonds is 8. The van der Waals surface area contributed by atoms with Gasteiger partial charge in [0, 0.05) is 29.1 Å². The van der Waals surface area contributed by atoms with E-state index in [-0.39, 0.29) is 24.4 Å². The molecule has 1 N–H and O–H groups in total. The molecule has 2 amide bonds. The second-order valence-electron chi connectivity index (χ2n) is 9.54.